The summed E-state index contributed by atoms with van der Waals surface area (Å²) in [5.41, 5.74) is 7.38. The highest BCUT2D eigenvalue weighted by Crippen LogP contribution is 2.32. The van der Waals surface area contributed by atoms with E-state index in [2.05, 4.69) is 29.2 Å². The summed E-state index contributed by atoms with van der Waals surface area (Å²) in [4.78, 5) is 4.08. The fourth-order valence-electron chi connectivity index (χ4n) is 1.61. The van der Waals surface area contributed by atoms with Crippen LogP contribution in [0.4, 0.5) is 11.5 Å². The lowest BCUT2D eigenvalue weighted by molar-refractivity contribution is 0.759. The molecule has 2 aromatic heterocycles. The van der Waals surface area contributed by atoms with Crippen molar-refractivity contribution in [2.24, 2.45) is 0 Å². The Morgan fingerprint density at radius 1 is 1.56 bits per heavy atom. The molecule has 18 heavy (non-hydrogen) atoms. The van der Waals surface area contributed by atoms with Crippen molar-refractivity contribution in [3.05, 3.63) is 29.7 Å². The molecule has 5 nitrogen and oxygen atoms in total. The Kier molecular flexibility index (Phi) is 3.72. The summed E-state index contributed by atoms with van der Waals surface area (Å²) in [7, 11) is 0. The molecule has 96 valence electrons. The molecule has 0 saturated carbocycles. The van der Waals surface area contributed by atoms with Crippen LogP contribution >= 0.6 is 11.6 Å². The van der Waals surface area contributed by atoms with Crippen LogP contribution in [0.5, 0.6) is 0 Å². The SMILES string of the molecule is CC[C@@H](C)Nc1c(N)ncc(Cl)c1-n1cccn1. The summed E-state index contributed by atoms with van der Waals surface area (Å²) in [5.74, 6) is 0.421. The van der Waals surface area contributed by atoms with Crippen LogP contribution in [-0.4, -0.2) is 20.8 Å². The van der Waals surface area contributed by atoms with E-state index >= 15 is 0 Å². The van der Waals surface area contributed by atoms with Crippen LogP contribution in [0.3, 0.4) is 0 Å². The molecule has 3 N–H and O–H groups in total. The standard InChI is InChI=1S/C12H16ClN5/c1-3-8(2)17-10-11(18-6-4-5-16-18)9(13)7-15-12(10)14/h4-8,17H,3H2,1-2H3,(H2,14,15)/t8-/m1/s1. The number of pyridine rings is 1. The Hall–Kier alpha value is -1.75. The van der Waals surface area contributed by atoms with E-state index in [0.717, 1.165) is 17.8 Å². The minimum Gasteiger partial charge on any atom is -0.382 e. The van der Waals surface area contributed by atoms with E-state index in [1.165, 1.54) is 6.20 Å². The molecule has 0 bridgehead atoms. The number of halogens is 1. The number of hydrogen-bond donors (Lipinski definition) is 2. The maximum Gasteiger partial charge on any atom is 0.149 e. The number of nitrogens with zero attached hydrogens (tertiary/aromatic N) is 3. The first-order chi connectivity index (χ1) is 8.63. The zero-order valence-electron chi connectivity index (χ0n) is 10.4. The second-order valence-corrected chi connectivity index (χ2v) is 4.53. The second-order valence-electron chi connectivity index (χ2n) is 4.12. The number of nitrogens with two attached hydrogens (primary N) is 1. The van der Waals surface area contributed by atoms with Crippen molar-refractivity contribution in [3.8, 4) is 5.69 Å². The van der Waals surface area contributed by atoms with Gasteiger partial charge in [0.1, 0.15) is 17.2 Å². The molecule has 0 amide bonds. The molecule has 1 atom stereocenters. The first-order valence-corrected chi connectivity index (χ1v) is 6.21. The van der Waals surface area contributed by atoms with Crippen LogP contribution in [0, 0.1) is 0 Å². The first kappa shape index (κ1) is 12.7. The molecule has 0 saturated heterocycles. The maximum atomic E-state index is 6.20. The van der Waals surface area contributed by atoms with E-state index in [4.69, 9.17) is 17.3 Å². The Labute approximate surface area is 111 Å². The molecule has 0 fully saturated rings. The number of nitrogen functional groups attached to an aromatic ring is 1. The smallest absolute Gasteiger partial charge is 0.149 e. The van der Waals surface area contributed by atoms with Gasteiger partial charge >= 0.3 is 0 Å². The molecule has 0 aliphatic carbocycles. The molecule has 0 radical (unpaired) electrons. The van der Waals surface area contributed by atoms with Crippen molar-refractivity contribution < 1.29 is 0 Å². The quantitative estimate of drug-likeness (QED) is 0.892. The van der Waals surface area contributed by atoms with Gasteiger partial charge in [0.15, 0.2) is 0 Å². The van der Waals surface area contributed by atoms with Gasteiger partial charge in [0, 0.05) is 18.4 Å². The van der Waals surface area contributed by atoms with Crippen molar-refractivity contribution >= 4 is 23.1 Å². The normalized spacial score (nSPS) is 12.4. The average Bonchev–Trinajstić information content (AvgIpc) is 2.87. The van der Waals surface area contributed by atoms with E-state index in [0.29, 0.717) is 10.8 Å². The molecular formula is C12H16ClN5. The van der Waals surface area contributed by atoms with Gasteiger partial charge in [-0.25, -0.2) is 9.67 Å². The molecule has 2 heterocycles. The summed E-state index contributed by atoms with van der Waals surface area (Å²) in [5, 5.41) is 8.03. The van der Waals surface area contributed by atoms with E-state index in [1.807, 2.05) is 12.3 Å². The lowest BCUT2D eigenvalue weighted by Gasteiger charge is -2.18. The van der Waals surface area contributed by atoms with Gasteiger partial charge in [-0.1, -0.05) is 18.5 Å². The summed E-state index contributed by atoms with van der Waals surface area (Å²) in [6, 6.07) is 2.11. The number of aromatic nitrogens is 3. The highest BCUT2D eigenvalue weighted by molar-refractivity contribution is 6.33. The fraction of sp³-hybridized carbons (Fsp3) is 0.333. The Bertz CT molecular complexity index is 524. The van der Waals surface area contributed by atoms with Gasteiger partial charge in [-0.3, -0.25) is 0 Å². The molecule has 0 aliphatic rings. The second kappa shape index (κ2) is 5.27. The molecule has 0 unspecified atom stereocenters. The van der Waals surface area contributed by atoms with Crippen LogP contribution < -0.4 is 11.1 Å². The molecule has 0 spiro atoms. The lowest BCUT2D eigenvalue weighted by Crippen LogP contribution is -2.17. The van der Waals surface area contributed by atoms with Crippen LogP contribution in [0.25, 0.3) is 5.69 Å². The number of anilines is 2. The highest BCUT2D eigenvalue weighted by atomic mass is 35.5. The Morgan fingerprint density at radius 3 is 2.94 bits per heavy atom. The molecule has 6 heteroatoms. The van der Waals surface area contributed by atoms with Gasteiger partial charge in [-0.15, -0.1) is 0 Å². The summed E-state index contributed by atoms with van der Waals surface area (Å²) in [6.45, 7) is 4.17. The third-order valence-corrected chi connectivity index (χ3v) is 3.05. The maximum absolute atomic E-state index is 6.20. The Balaban J connectivity index is 2.52. The molecule has 0 aromatic carbocycles. The summed E-state index contributed by atoms with van der Waals surface area (Å²) < 4.78 is 1.69. The zero-order chi connectivity index (χ0) is 13.1. The molecule has 2 rings (SSSR count). The topological polar surface area (TPSA) is 68.8 Å². The minimum atomic E-state index is 0.280. The van der Waals surface area contributed by atoms with Crippen LogP contribution in [-0.2, 0) is 0 Å². The number of nitrogens with one attached hydrogen (secondary N) is 1. The third kappa shape index (κ3) is 2.41. The molecule has 2 aromatic rings. The highest BCUT2D eigenvalue weighted by Gasteiger charge is 2.15. The van der Waals surface area contributed by atoms with Gasteiger partial charge in [-0.05, 0) is 19.4 Å². The monoisotopic (exact) mass is 265 g/mol. The van der Waals surface area contributed by atoms with Crippen molar-refractivity contribution in [2.45, 2.75) is 26.3 Å². The average molecular weight is 266 g/mol. The van der Waals surface area contributed by atoms with Crippen molar-refractivity contribution in [3.63, 3.8) is 0 Å². The molecule has 0 aliphatic heterocycles. The van der Waals surface area contributed by atoms with Crippen LogP contribution in [0.2, 0.25) is 5.02 Å². The largest absolute Gasteiger partial charge is 0.382 e. The third-order valence-electron chi connectivity index (χ3n) is 2.77. The van der Waals surface area contributed by atoms with Crippen LogP contribution in [0.1, 0.15) is 20.3 Å². The van der Waals surface area contributed by atoms with Gasteiger partial charge in [-0.2, -0.15) is 5.10 Å². The van der Waals surface area contributed by atoms with E-state index in [9.17, 15) is 0 Å². The fourth-order valence-corrected chi connectivity index (χ4v) is 1.84. The van der Waals surface area contributed by atoms with E-state index in [1.54, 1.807) is 10.9 Å². The van der Waals surface area contributed by atoms with Gasteiger partial charge in [0.05, 0.1) is 11.2 Å². The lowest BCUT2D eigenvalue weighted by atomic mass is 10.2. The van der Waals surface area contributed by atoms with E-state index < -0.39 is 0 Å². The Morgan fingerprint density at radius 2 is 2.33 bits per heavy atom. The summed E-state index contributed by atoms with van der Waals surface area (Å²) >= 11 is 6.20. The van der Waals surface area contributed by atoms with Gasteiger partial charge in [0.25, 0.3) is 0 Å². The minimum absolute atomic E-state index is 0.280. The van der Waals surface area contributed by atoms with Crippen LogP contribution in [0.15, 0.2) is 24.7 Å². The zero-order valence-corrected chi connectivity index (χ0v) is 11.1. The molecular weight excluding hydrogens is 250 g/mol. The van der Waals surface area contributed by atoms with Gasteiger partial charge < -0.3 is 11.1 Å². The predicted molar refractivity (Wildman–Crippen MR) is 74.2 cm³/mol. The number of hydrogen-bond acceptors (Lipinski definition) is 4. The summed E-state index contributed by atoms with van der Waals surface area (Å²) in [6.07, 6.45) is 6.03. The van der Waals surface area contributed by atoms with Gasteiger partial charge in [0.2, 0.25) is 0 Å². The van der Waals surface area contributed by atoms with E-state index in [-0.39, 0.29) is 6.04 Å². The van der Waals surface area contributed by atoms with Crippen molar-refractivity contribution in [2.75, 3.05) is 11.1 Å². The predicted octanol–water partition coefficient (Wildman–Crippen LogP) is 2.71. The van der Waals surface area contributed by atoms with Crippen molar-refractivity contribution in [1.82, 2.24) is 14.8 Å². The first-order valence-electron chi connectivity index (χ1n) is 5.84. The number of rotatable bonds is 4. The van der Waals surface area contributed by atoms with Crippen molar-refractivity contribution in [1.29, 1.82) is 0 Å².